The SMILES string of the molecule is CCC(F)(F)C(=O)Nc1ccc(Cl)nn1. The maximum absolute atomic E-state index is 12.8. The molecule has 0 aliphatic rings. The summed E-state index contributed by atoms with van der Waals surface area (Å²) in [6.45, 7) is 1.22. The van der Waals surface area contributed by atoms with Crippen molar-refractivity contribution in [3.05, 3.63) is 17.3 Å². The van der Waals surface area contributed by atoms with Gasteiger partial charge in [-0.1, -0.05) is 18.5 Å². The first-order chi connectivity index (χ1) is 6.95. The van der Waals surface area contributed by atoms with E-state index < -0.39 is 18.3 Å². The molecule has 82 valence electrons. The van der Waals surface area contributed by atoms with Crippen LogP contribution in [0, 0.1) is 0 Å². The van der Waals surface area contributed by atoms with E-state index in [2.05, 4.69) is 10.2 Å². The van der Waals surface area contributed by atoms with E-state index >= 15 is 0 Å². The van der Waals surface area contributed by atoms with Crippen molar-refractivity contribution in [1.82, 2.24) is 10.2 Å². The topological polar surface area (TPSA) is 54.9 Å². The first-order valence-corrected chi connectivity index (χ1v) is 4.52. The van der Waals surface area contributed by atoms with Crippen molar-refractivity contribution in [1.29, 1.82) is 0 Å². The number of amides is 1. The van der Waals surface area contributed by atoms with Crippen LogP contribution in [0.15, 0.2) is 12.1 Å². The van der Waals surface area contributed by atoms with Gasteiger partial charge < -0.3 is 5.32 Å². The average molecular weight is 236 g/mol. The summed E-state index contributed by atoms with van der Waals surface area (Å²) in [5, 5.41) is 8.87. The van der Waals surface area contributed by atoms with Gasteiger partial charge in [0.15, 0.2) is 11.0 Å². The average Bonchev–Trinajstić information content (AvgIpc) is 2.21. The Morgan fingerprint density at radius 2 is 2.20 bits per heavy atom. The molecule has 1 N–H and O–H groups in total. The summed E-state index contributed by atoms with van der Waals surface area (Å²) in [4.78, 5) is 11.0. The summed E-state index contributed by atoms with van der Waals surface area (Å²) in [5.41, 5.74) is 0. The minimum Gasteiger partial charge on any atom is -0.304 e. The molecule has 1 heterocycles. The Balaban J connectivity index is 2.71. The summed E-state index contributed by atoms with van der Waals surface area (Å²) < 4.78 is 25.7. The molecule has 0 saturated carbocycles. The number of halogens is 3. The standard InChI is InChI=1S/C8H8ClF2N3O/c1-2-8(10,11)7(15)12-6-4-3-5(9)13-14-6/h3-4H,2H2,1H3,(H,12,14,15). The van der Waals surface area contributed by atoms with Gasteiger partial charge in [-0.05, 0) is 12.1 Å². The van der Waals surface area contributed by atoms with Gasteiger partial charge in [-0.25, -0.2) is 0 Å². The van der Waals surface area contributed by atoms with Crippen LogP contribution in [0.4, 0.5) is 14.6 Å². The highest BCUT2D eigenvalue weighted by Gasteiger charge is 2.36. The summed E-state index contributed by atoms with van der Waals surface area (Å²) >= 11 is 5.43. The Morgan fingerprint density at radius 3 is 2.67 bits per heavy atom. The summed E-state index contributed by atoms with van der Waals surface area (Å²) in [7, 11) is 0. The number of carbonyl (C=O) groups is 1. The minimum absolute atomic E-state index is 0.0578. The number of carbonyl (C=O) groups excluding carboxylic acids is 1. The Morgan fingerprint density at radius 1 is 1.53 bits per heavy atom. The van der Waals surface area contributed by atoms with Crippen molar-refractivity contribution in [2.45, 2.75) is 19.3 Å². The van der Waals surface area contributed by atoms with Crippen LogP contribution in [-0.4, -0.2) is 22.0 Å². The molecule has 1 amide bonds. The molecule has 1 aromatic rings. The molecule has 1 rings (SSSR count). The van der Waals surface area contributed by atoms with Crippen LogP contribution < -0.4 is 5.32 Å². The largest absolute Gasteiger partial charge is 0.324 e. The van der Waals surface area contributed by atoms with E-state index in [0.717, 1.165) is 0 Å². The molecule has 0 atom stereocenters. The van der Waals surface area contributed by atoms with Crippen LogP contribution >= 0.6 is 11.6 Å². The highest BCUT2D eigenvalue weighted by atomic mass is 35.5. The van der Waals surface area contributed by atoms with Crippen LogP contribution in [-0.2, 0) is 4.79 Å². The van der Waals surface area contributed by atoms with Crippen LogP contribution in [0.2, 0.25) is 5.15 Å². The van der Waals surface area contributed by atoms with Crippen molar-refractivity contribution in [2.24, 2.45) is 0 Å². The van der Waals surface area contributed by atoms with Crippen molar-refractivity contribution in [3.8, 4) is 0 Å². The van der Waals surface area contributed by atoms with Crippen molar-refractivity contribution < 1.29 is 13.6 Å². The molecule has 15 heavy (non-hydrogen) atoms. The molecule has 0 aliphatic heterocycles. The predicted octanol–water partition coefficient (Wildman–Crippen LogP) is 2.11. The predicted molar refractivity (Wildman–Crippen MR) is 50.9 cm³/mol. The van der Waals surface area contributed by atoms with Crippen LogP contribution in [0.3, 0.4) is 0 Å². The summed E-state index contributed by atoms with van der Waals surface area (Å²) in [6.07, 6.45) is -0.570. The molecular formula is C8H8ClF2N3O. The second-order valence-corrected chi connectivity index (χ2v) is 3.14. The van der Waals surface area contributed by atoms with Gasteiger partial charge >= 0.3 is 5.92 Å². The normalized spacial score (nSPS) is 11.2. The second kappa shape index (κ2) is 4.48. The number of alkyl halides is 2. The molecule has 0 aliphatic carbocycles. The number of hydrogen-bond acceptors (Lipinski definition) is 3. The number of hydrogen-bond donors (Lipinski definition) is 1. The Labute approximate surface area is 89.6 Å². The molecule has 7 heteroatoms. The fourth-order valence-corrected chi connectivity index (χ4v) is 0.852. The molecule has 1 aromatic heterocycles. The molecule has 0 bridgehead atoms. The third kappa shape index (κ3) is 3.09. The van der Waals surface area contributed by atoms with E-state index in [0.29, 0.717) is 0 Å². The summed E-state index contributed by atoms with van der Waals surface area (Å²) in [6, 6.07) is 2.63. The van der Waals surface area contributed by atoms with Gasteiger partial charge in [0.1, 0.15) is 0 Å². The zero-order valence-corrected chi connectivity index (χ0v) is 8.55. The van der Waals surface area contributed by atoms with E-state index in [9.17, 15) is 13.6 Å². The lowest BCUT2D eigenvalue weighted by Crippen LogP contribution is -2.34. The molecule has 0 aromatic carbocycles. The lowest BCUT2D eigenvalue weighted by molar-refractivity contribution is -0.139. The minimum atomic E-state index is -3.40. The number of anilines is 1. The molecule has 4 nitrogen and oxygen atoms in total. The Kier molecular flexibility index (Phi) is 3.52. The molecule has 0 radical (unpaired) electrons. The van der Waals surface area contributed by atoms with Gasteiger partial charge in [-0.15, -0.1) is 10.2 Å². The van der Waals surface area contributed by atoms with Crippen LogP contribution in [0.25, 0.3) is 0 Å². The third-order valence-electron chi connectivity index (χ3n) is 1.65. The first kappa shape index (κ1) is 11.8. The van der Waals surface area contributed by atoms with Crippen LogP contribution in [0.5, 0.6) is 0 Å². The first-order valence-electron chi connectivity index (χ1n) is 4.14. The lowest BCUT2D eigenvalue weighted by atomic mass is 10.2. The Bertz CT molecular complexity index is 355. The van der Waals surface area contributed by atoms with Crippen LogP contribution in [0.1, 0.15) is 13.3 Å². The van der Waals surface area contributed by atoms with E-state index in [1.807, 2.05) is 5.32 Å². The number of nitrogens with zero attached hydrogens (tertiary/aromatic N) is 2. The fourth-order valence-electron chi connectivity index (χ4n) is 0.751. The lowest BCUT2D eigenvalue weighted by Gasteiger charge is -2.12. The van der Waals surface area contributed by atoms with Crippen molar-refractivity contribution >= 4 is 23.3 Å². The highest BCUT2D eigenvalue weighted by molar-refractivity contribution is 6.29. The molecule has 0 fully saturated rings. The van der Waals surface area contributed by atoms with Gasteiger partial charge in [-0.3, -0.25) is 4.79 Å². The highest BCUT2D eigenvalue weighted by Crippen LogP contribution is 2.19. The smallest absolute Gasteiger partial charge is 0.304 e. The quantitative estimate of drug-likeness (QED) is 0.873. The molecule has 0 saturated heterocycles. The third-order valence-corrected chi connectivity index (χ3v) is 1.85. The van der Waals surface area contributed by atoms with Gasteiger partial charge in [0.05, 0.1) is 0 Å². The molecule has 0 spiro atoms. The van der Waals surface area contributed by atoms with E-state index in [4.69, 9.17) is 11.6 Å². The van der Waals surface area contributed by atoms with Gasteiger partial charge in [0.25, 0.3) is 5.91 Å². The van der Waals surface area contributed by atoms with Gasteiger partial charge in [0, 0.05) is 6.42 Å². The maximum Gasteiger partial charge on any atom is 0.324 e. The second-order valence-electron chi connectivity index (χ2n) is 2.75. The maximum atomic E-state index is 12.8. The van der Waals surface area contributed by atoms with Gasteiger partial charge in [-0.2, -0.15) is 8.78 Å². The van der Waals surface area contributed by atoms with E-state index in [-0.39, 0.29) is 11.0 Å². The monoisotopic (exact) mass is 235 g/mol. The van der Waals surface area contributed by atoms with Crippen molar-refractivity contribution in [2.75, 3.05) is 5.32 Å². The van der Waals surface area contributed by atoms with Crippen molar-refractivity contribution in [3.63, 3.8) is 0 Å². The van der Waals surface area contributed by atoms with E-state index in [1.165, 1.54) is 19.1 Å². The number of nitrogens with one attached hydrogen (secondary N) is 1. The number of rotatable bonds is 3. The molecular weight excluding hydrogens is 228 g/mol. The van der Waals surface area contributed by atoms with Gasteiger partial charge in [0.2, 0.25) is 0 Å². The number of aromatic nitrogens is 2. The molecule has 0 unspecified atom stereocenters. The fraction of sp³-hybridized carbons (Fsp3) is 0.375. The zero-order valence-electron chi connectivity index (χ0n) is 7.80. The zero-order chi connectivity index (χ0) is 11.5. The van der Waals surface area contributed by atoms with E-state index in [1.54, 1.807) is 0 Å². The Hall–Kier alpha value is -1.30. The summed E-state index contributed by atoms with van der Waals surface area (Å²) in [5.74, 6) is -4.86.